The van der Waals surface area contributed by atoms with E-state index in [4.69, 9.17) is 4.74 Å². The van der Waals surface area contributed by atoms with Crippen LogP contribution in [0.1, 0.15) is 24.2 Å². The van der Waals surface area contributed by atoms with Gasteiger partial charge in [-0.2, -0.15) is 0 Å². The number of morpholine rings is 1. The van der Waals surface area contributed by atoms with Crippen molar-refractivity contribution in [2.75, 3.05) is 33.3 Å². The average molecular weight is 356 g/mol. The standard InChI is InChI=1S/C16H24N2O5S/c1-12-10-18(11-13(2)23-12)9-8-17-24(20,21)15-6-4-14(5-7-15)16(19)22-3/h4-7,12-13,17H,8-11H2,1-3H3. The molecule has 1 heterocycles. The van der Waals surface area contributed by atoms with Gasteiger partial charge in [0, 0.05) is 26.2 Å². The number of sulfonamides is 1. The number of carbonyl (C=O) groups excluding carboxylic acids is 1. The summed E-state index contributed by atoms with van der Waals surface area (Å²) in [4.78, 5) is 13.7. The minimum Gasteiger partial charge on any atom is -0.465 e. The van der Waals surface area contributed by atoms with E-state index in [2.05, 4.69) is 14.4 Å². The molecule has 0 aromatic heterocycles. The van der Waals surface area contributed by atoms with Crippen LogP contribution in [0.2, 0.25) is 0 Å². The van der Waals surface area contributed by atoms with Gasteiger partial charge in [-0.15, -0.1) is 0 Å². The van der Waals surface area contributed by atoms with E-state index in [0.29, 0.717) is 18.7 Å². The summed E-state index contributed by atoms with van der Waals surface area (Å²) < 4.78 is 37.4. The SMILES string of the molecule is COC(=O)c1ccc(S(=O)(=O)NCCN2CC(C)OC(C)C2)cc1. The molecule has 1 aliphatic rings. The third-order valence-corrected chi connectivity index (χ3v) is 5.28. The fourth-order valence-corrected chi connectivity index (χ4v) is 3.80. The van der Waals surface area contributed by atoms with Crippen LogP contribution >= 0.6 is 0 Å². The zero-order valence-corrected chi connectivity index (χ0v) is 15.0. The molecule has 1 aromatic rings. The van der Waals surface area contributed by atoms with Gasteiger partial charge >= 0.3 is 5.97 Å². The molecule has 0 amide bonds. The highest BCUT2D eigenvalue weighted by atomic mass is 32.2. The molecule has 8 heteroatoms. The summed E-state index contributed by atoms with van der Waals surface area (Å²) in [5.41, 5.74) is 0.313. The summed E-state index contributed by atoms with van der Waals surface area (Å²) in [6.45, 7) is 6.54. The van der Waals surface area contributed by atoms with E-state index < -0.39 is 16.0 Å². The largest absolute Gasteiger partial charge is 0.465 e. The molecular weight excluding hydrogens is 332 g/mol. The summed E-state index contributed by atoms with van der Waals surface area (Å²) in [7, 11) is -2.32. The first-order valence-corrected chi connectivity index (χ1v) is 9.36. The summed E-state index contributed by atoms with van der Waals surface area (Å²) in [5.74, 6) is -0.498. The van der Waals surface area contributed by atoms with Crippen molar-refractivity contribution in [3.8, 4) is 0 Å². The molecule has 1 aliphatic heterocycles. The number of hydrogen-bond acceptors (Lipinski definition) is 6. The first kappa shape index (κ1) is 18.9. The van der Waals surface area contributed by atoms with Crippen molar-refractivity contribution in [2.45, 2.75) is 31.0 Å². The topological polar surface area (TPSA) is 84.9 Å². The van der Waals surface area contributed by atoms with E-state index in [0.717, 1.165) is 13.1 Å². The Bertz CT molecular complexity index is 650. The molecule has 1 N–H and O–H groups in total. The number of methoxy groups -OCH3 is 1. The van der Waals surface area contributed by atoms with Crippen molar-refractivity contribution in [3.63, 3.8) is 0 Å². The third-order valence-electron chi connectivity index (χ3n) is 3.80. The molecule has 0 bridgehead atoms. The van der Waals surface area contributed by atoms with Crippen molar-refractivity contribution in [3.05, 3.63) is 29.8 Å². The number of ether oxygens (including phenoxy) is 2. The first-order valence-electron chi connectivity index (χ1n) is 7.87. The Kier molecular flexibility index (Phi) is 6.34. The van der Waals surface area contributed by atoms with Crippen molar-refractivity contribution in [1.82, 2.24) is 9.62 Å². The van der Waals surface area contributed by atoms with Crippen LogP contribution in [0.15, 0.2) is 29.2 Å². The van der Waals surface area contributed by atoms with Gasteiger partial charge in [-0.05, 0) is 38.1 Å². The second-order valence-electron chi connectivity index (χ2n) is 5.93. The number of carbonyl (C=O) groups is 1. The fourth-order valence-electron chi connectivity index (χ4n) is 2.78. The van der Waals surface area contributed by atoms with E-state index in [9.17, 15) is 13.2 Å². The molecule has 2 atom stereocenters. The smallest absolute Gasteiger partial charge is 0.337 e. The van der Waals surface area contributed by atoms with Gasteiger partial charge in [-0.1, -0.05) is 0 Å². The molecular formula is C16H24N2O5S. The minimum absolute atomic E-state index is 0.124. The predicted octanol–water partition coefficient (Wildman–Crippen LogP) is 0.861. The zero-order valence-electron chi connectivity index (χ0n) is 14.2. The Hall–Kier alpha value is -1.48. The van der Waals surface area contributed by atoms with Gasteiger partial charge in [0.2, 0.25) is 10.0 Å². The summed E-state index contributed by atoms with van der Waals surface area (Å²) in [6.07, 6.45) is 0.299. The Morgan fingerprint density at radius 3 is 2.38 bits per heavy atom. The molecule has 0 spiro atoms. The van der Waals surface area contributed by atoms with Gasteiger partial charge in [-0.25, -0.2) is 17.9 Å². The molecule has 1 saturated heterocycles. The molecule has 7 nitrogen and oxygen atoms in total. The molecule has 0 saturated carbocycles. The molecule has 2 unspecified atom stereocenters. The Morgan fingerprint density at radius 1 is 1.25 bits per heavy atom. The van der Waals surface area contributed by atoms with Gasteiger partial charge in [0.1, 0.15) is 0 Å². The number of hydrogen-bond donors (Lipinski definition) is 1. The number of benzene rings is 1. The molecule has 1 fully saturated rings. The summed E-state index contributed by atoms with van der Waals surface area (Å²) in [5, 5.41) is 0. The normalized spacial score (nSPS) is 22.3. The second-order valence-corrected chi connectivity index (χ2v) is 7.70. The van der Waals surface area contributed by atoms with Crippen molar-refractivity contribution in [2.24, 2.45) is 0 Å². The lowest BCUT2D eigenvalue weighted by molar-refractivity contribution is -0.0671. The van der Waals surface area contributed by atoms with Gasteiger partial charge in [0.25, 0.3) is 0 Å². The Labute approximate surface area is 143 Å². The van der Waals surface area contributed by atoms with E-state index in [-0.39, 0.29) is 17.1 Å². The summed E-state index contributed by atoms with van der Waals surface area (Å²) in [6, 6.07) is 5.67. The highest BCUT2D eigenvalue weighted by Gasteiger charge is 2.22. The van der Waals surface area contributed by atoms with Crippen LogP contribution in [-0.2, 0) is 19.5 Å². The van der Waals surface area contributed by atoms with E-state index in [1.807, 2.05) is 13.8 Å². The Balaban J connectivity index is 1.90. The maximum absolute atomic E-state index is 12.3. The maximum Gasteiger partial charge on any atom is 0.337 e. The van der Waals surface area contributed by atoms with Crippen molar-refractivity contribution in [1.29, 1.82) is 0 Å². The summed E-state index contributed by atoms with van der Waals surface area (Å²) >= 11 is 0. The highest BCUT2D eigenvalue weighted by molar-refractivity contribution is 7.89. The van der Waals surface area contributed by atoms with Gasteiger partial charge in [0.15, 0.2) is 0 Å². The second kappa shape index (κ2) is 8.06. The quantitative estimate of drug-likeness (QED) is 0.761. The number of nitrogens with one attached hydrogen (secondary N) is 1. The molecule has 2 rings (SSSR count). The predicted molar refractivity (Wildman–Crippen MR) is 89.4 cm³/mol. The molecule has 0 aliphatic carbocycles. The zero-order chi connectivity index (χ0) is 17.7. The van der Waals surface area contributed by atoms with Crippen LogP contribution in [0.3, 0.4) is 0 Å². The van der Waals surface area contributed by atoms with Gasteiger partial charge < -0.3 is 9.47 Å². The molecule has 24 heavy (non-hydrogen) atoms. The van der Waals surface area contributed by atoms with Crippen molar-refractivity contribution >= 4 is 16.0 Å². The van der Waals surface area contributed by atoms with Gasteiger partial charge in [-0.3, -0.25) is 4.90 Å². The van der Waals surface area contributed by atoms with Crippen LogP contribution in [0.4, 0.5) is 0 Å². The highest BCUT2D eigenvalue weighted by Crippen LogP contribution is 2.12. The molecule has 1 aromatic carbocycles. The van der Waals surface area contributed by atoms with Crippen molar-refractivity contribution < 1.29 is 22.7 Å². The number of rotatable bonds is 6. The average Bonchev–Trinajstić information content (AvgIpc) is 2.53. The number of nitrogens with zero attached hydrogens (tertiary/aromatic N) is 1. The lowest BCUT2D eigenvalue weighted by Gasteiger charge is -2.35. The van der Waals surface area contributed by atoms with Crippen LogP contribution in [0.25, 0.3) is 0 Å². The fraction of sp³-hybridized carbons (Fsp3) is 0.562. The third kappa shape index (κ3) is 5.01. The van der Waals surface area contributed by atoms with Gasteiger partial charge in [0.05, 0.1) is 29.8 Å². The maximum atomic E-state index is 12.3. The van der Waals surface area contributed by atoms with E-state index >= 15 is 0 Å². The van der Waals surface area contributed by atoms with E-state index in [1.54, 1.807) is 0 Å². The molecule has 134 valence electrons. The number of esters is 1. The van der Waals surface area contributed by atoms with Crippen LogP contribution in [-0.4, -0.2) is 64.8 Å². The lowest BCUT2D eigenvalue weighted by Crippen LogP contribution is -2.47. The monoisotopic (exact) mass is 356 g/mol. The Morgan fingerprint density at radius 2 is 1.83 bits per heavy atom. The lowest BCUT2D eigenvalue weighted by atomic mass is 10.2. The molecule has 0 radical (unpaired) electrons. The van der Waals surface area contributed by atoms with Crippen LogP contribution in [0.5, 0.6) is 0 Å². The van der Waals surface area contributed by atoms with Crippen LogP contribution < -0.4 is 4.72 Å². The van der Waals surface area contributed by atoms with E-state index in [1.165, 1.54) is 31.4 Å². The minimum atomic E-state index is -3.60. The first-order chi connectivity index (χ1) is 11.3. The van der Waals surface area contributed by atoms with Crippen LogP contribution in [0, 0.1) is 0 Å².